The molecule has 1 aromatic carbocycles. The molecule has 4 aromatic rings. The average molecular weight is 477 g/mol. The smallest absolute Gasteiger partial charge is 0.416 e. The van der Waals surface area contributed by atoms with Gasteiger partial charge in [-0.15, -0.1) is 22.7 Å². The summed E-state index contributed by atoms with van der Waals surface area (Å²) in [6.45, 7) is 0. The van der Waals surface area contributed by atoms with Crippen molar-refractivity contribution >= 4 is 50.5 Å². The Kier molecular flexibility index (Phi) is 5.98. The number of pyridine rings is 1. The Morgan fingerprint density at radius 1 is 1.06 bits per heavy atom. The van der Waals surface area contributed by atoms with Crippen molar-refractivity contribution in [1.82, 2.24) is 4.98 Å². The summed E-state index contributed by atoms with van der Waals surface area (Å²) < 4.78 is 39.8. The topological polar surface area (TPSA) is 79.3 Å². The Morgan fingerprint density at radius 2 is 1.88 bits per heavy atom. The van der Waals surface area contributed by atoms with Crippen molar-refractivity contribution in [2.45, 2.75) is 19.0 Å². The molecule has 0 atom stereocenters. The van der Waals surface area contributed by atoms with Gasteiger partial charge in [0, 0.05) is 11.8 Å². The molecule has 4 rings (SSSR count). The van der Waals surface area contributed by atoms with Crippen molar-refractivity contribution in [3.63, 3.8) is 0 Å². The Labute approximate surface area is 188 Å². The number of nitrogens with one attached hydrogen (secondary N) is 1. The number of amides is 1. The number of fused-ring (bicyclic) bond motifs is 1. The molecule has 0 aliphatic rings. The summed E-state index contributed by atoms with van der Waals surface area (Å²) in [4.78, 5) is 29.7. The number of thiophene rings is 2. The zero-order valence-corrected chi connectivity index (χ0v) is 17.9. The van der Waals surface area contributed by atoms with Gasteiger partial charge in [0.25, 0.3) is 0 Å². The molecule has 1 amide bonds. The van der Waals surface area contributed by atoms with Crippen LogP contribution in [-0.2, 0) is 15.8 Å². The molecule has 0 radical (unpaired) electrons. The Balaban J connectivity index is 1.82. The van der Waals surface area contributed by atoms with Crippen LogP contribution in [0.15, 0.2) is 53.9 Å². The average Bonchev–Trinajstić information content (AvgIpc) is 3.40. The van der Waals surface area contributed by atoms with Crippen molar-refractivity contribution < 1.29 is 27.9 Å². The molecule has 32 heavy (non-hydrogen) atoms. The maximum absolute atomic E-state index is 13.3. The maximum atomic E-state index is 13.3. The second-order valence-corrected chi connectivity index (χ2v) is 8.80. The number of aromatic nitrogens is 1. The van der Waals surface area contributed by atoms with E-state index in [1.165, 1.54) is 34.8 Å². The number of halogens is 3. The predicted molar refractivity (Wildman–Crippen MR) is 119 cm³/mol. The summed E-state index contributed by atoms with van der Waals surface area (Å²) in [5.41, 5.74) is 0.523. The fraction of sp³-hybridized carbons (Fsp3) is 0.136. The zero-order valence-electron chi connectivity index (χ0n) is 16.3. The normalized spacial score (nSPS) is 11.6. The predicted octanol–water partition coefficient (Wildman–Crippen LogP) is 6.51. The molecule has 164 valence electrons. The molecule has 0 saturated heterocycles. The van der Waals surface area contributed by atoms with Crippen LogP contribution in [0, 0.1) is 0 Å². The van der Waals surface area contributed by atoms with Gasteiger partial charge in [0.2, 0.25) is 5.91 Å². The van der Waals surface area contributed by atoms with E-state index in [1.54, 1.807) is 12.1 Å². The summed E-state index contributed by atoms with van der Waals surface area (Å²) in [5, 5.41) is 14.0. The summed E-state index contributed by atoms with van der Waals surface area (Å²) in [7, 11) is 0. The van der Waals surface area contributed by atoms with E-state index in [9.17, 15) is 22.8 Å². The lowest BCUT2D eigenvalue weighted by atomic mass is 10.1. The number of rotatable bonds is 6. The summed E-state index contributed by atoms with van der Waals surface area (Å²) >= 11 is 2.68. The molecule has 10 heteroatoms. The quantitative estimate of drug-likeness (QED) is 0.332. The van der Waals surface area contributed by atoms with E-state index in [1.807, 2.05) is 17.5 Å². The molecule has 3 aromatic heterocycles. The van der Waals surface area contributed by atoms with Gasteiger partial charge in [-0.25, -0.2) is 4.98 Å². The van der Waals surface area contributed by atoms with E-state index in [2.05, 4.69) is 10.3 Å². The molecule has 2 N–H and O–H groups in total. The number of carbonyl (C=O) groups is 2. The first-order valence-corrected chi connectivity index (χ1v) is 11.1. The minimum absolute atomic E-state index is 0.255. The Morgan fingerprint density at radius 3 is 2.56 bits per heavy atom. The molecule has 3 heterocycles. The molecule has 0 bridgehead atoms. The SMILES string of the molecule is O=C(O)CCC(=O)Nc1c(-c2cccc(C(F)(F)F)c2)sc2nc(-c3cccs3)ccc12. The highest BCUT2D eigenvalue weighted by atomic mass is 32.1. The van der Waals surface area contributed by atoms with Crippen molar-refractivity contribution in [2.24, 2.45) is 0 Å². The van der Waals surface area contributed by atoms with Crippen LogP contribution in [0.1, 0.15) is 18.4 Å². The van der Waals surface area contributed by atoms with Crippen LogP contribution in [0.25, 0.3) is 31.2 Å². The standard InChI is InChI=1S/C22H15F3N2O3S2/c23-22(24,25)13-4-1-3-12(11-13)20-19(27-17(28)8-9-18(29)30)14-6-7-15(26-21(14)32-20)16-5-2-10-31-16/h1-7,10-11H,8-9H2,(H,27,28)(H,29,30). The second-order valence-electron chi connectivity index (χ2n) is 6.85. The van der Waals surface area contributed by atoms with Crippen molar-refractivity contribution in [2.75, 3.05) is 5.32 Å². The van der Waals surface area contributed by atoms with E-state index in [-0.39, 0.29) is 18.4 Å². The van der Waals surface area contributed by atoms with Crippen molar-refractivity contribution in [1.29, 1.82) is 0 Å². The second kappa shape index (κ2) is 8.71. The van der Waals surface area contributed by atoms with Gasteiger partial charge in [0.15, 0.2) is 0 Å². The van der Waals surface area contributed by atoms with Crippen LogP contribution in [0.2, 0.25) is 0 Å². The Bertz CT molecular complexity index is 1300. The van der Waals surface area contributed by atoms with E-state index in [4.69, 9.17) is 5.11 Å². The van der Waals surface area contributed by atoms with Gasteiger partial charge < -0.3 is 10.4 Å². The number of anilines is 1. The van der Waals surface area contributed by atoms with Gasteiger partial charge in [-0.05, 0) is 41.3 Å². The third kappa shape index (κ3) is 4.66. The first-order chi connectivity index (χ1) is 15.2. The lowest BCUT2D eigenvalue weighted by Gasteiger charge is -2.10. The highest BCUT2D eigenvalue weighted by Gasteiger charge is 2.31. The lowest BCUT2D eigenvalue weighted by molar-refractivity contribution is -0.138. The van der Waals surface area contributed by atoms with Gasteiger partial charge in [-0.1, -0.05) is 18.2 Å². The van der Waals surface area contributed by atoms with Crippen LogP contribution in [0.4, 0.5) is 18.9 Å². The molecule has 0 spiro atoms. The highest BCUT2D eigenvalue weighted by molar-refractivity contribution is 7.22. The zero-order chi connectivity index (χ0) is 22.9. The van der Waals surface area contributed by atoms with Crippen LogP contribution < -0.4 is 5.32 Å². The largest absolute Gasteiger partial charge is 0.481 e. The van der Waals surface area contributed by atoms with Crippen LogP contribution in [-0.4, -0.2) is 22.0 Å². The minimum Gasteiger partial charge on any atom is -0.481 e. The highest BCUT2D eigenvalue weighted by Crippen LogP contribution is 2.44. The van der Waals surface area contributed by atoms with E-state index >= 15 is 0 Å². The molecular formula is C22H15F3N2O3S2. The maximum Gasteiger partial charge on any atom is 0.416 e. The first kappa shape index (κ1) is 22.0. The molecule has 0 aliphatic heterocycles. The van der Waals surface area contributed by atoms with Gasteiger partial charge in [-0.3, -0.25) is 9.59 Å². The fourth-order valence-corrected chi connectivity index (χ4v) is 4.95. The molecular weight excluding hydrogens is 461 g/mol. The van der Waals surface area contributed by atoms with Gasteiger partial charge in [-0.2, -0.15) is 13.2 Å². The number of hydrogen-bond donors (Lipinski definition) is 2. The van der Waals surface area contributed by atoms with Crippen LogP contribution >= 0.6 is 22.7 Å². The van der Waals surface area contributed by atoms with Crippen molar-refractivity contribution in [3.05, 3.63) is 59.5 Å². The minimum atomic E-state index is -4.51. The van der Waals surface area contributed by atoms with Crippen LogP contribution in [0.5, 0.6) is 0 Å². The summed E-state index contributed by atoms with van der Waals surface area (Å²) in [5.74, 6) is -1.65. The molecule has 0 aliphatic carbocycles. The number of hydrogen-bond acceptors (Lipinski definition) is 5. The van der Waals surface area contributed by atoms with E-state index in [0.29, 0.717) is 26.5 Å². The molecule has 5 nitrogen and oxygen atoms in total. The van der Waals surface area contributed by atoms with Gasteiger partial charge in [0.05, 0.1) is 33.1 Å². The van der Waals surface area contributed by atoms with Crippen LogP contribution in [0.3, 0.4) is 0 Å². The van der Waals surface area contributed by atoms with E-state index < -0.39 is 23.6 Å². The summed E-state index contributed by atoms with van der Waals surface area (Å²) in [6.07, 6.45) is -5.12. The number of nitrogens with zero attached hydrogens (tertiary/aromatic N) is 1. The van der Waals surface area contributed by atoms with Crippen molar-refractivity contribution in [3.8, 4) is 21.0 Å². The molecule has 0 saturated carbocycles. The number of carboxylic acid groups (broad SMARTS) is 1. The Hall–Kier alpha value is -3.24. The molecule has 0 fully saturated rings. The lowest BCUT2D eigenvalue weighted by Crippen LogP contribution is -2.13. The van der Waals surface area contributed by atoms with Gasteiger partial charge >= 0.3 is 12.1 Å². The van der Waals surface area contributed by atoms with Gasteiger partial charge in [0.1, 0.15) is 4.83 Å². The first-order valence-electron chi connectivity index (χ1n) is 9.39. The third-order valence-corrected chi connectivity index (χ3v) is 6.65. The molecule has 0 unspecified atom stereocenters. The fourth-order valence-electron chi connectivity index (χ4n) is 3.13. The number of aliphatic carboxylic acids is 1. The summed E-state index contributed by atoms with van der Waals surface area (Å²) in [6, 6.07) is 12.2. The monoisotopic (exact) mass is 476 g/mol. The van der Waals surface area contributed by atoms with E-state index in [0.717, 1.165) is 17.0 Å². The number of carboxylic acids is 1. The number of carbonyl (C=O) groups excluding carboxylic acids is 1. The number of benzene rings is 1. The third-order valence-electron chi connectivity index (χ3n) is 4.61. The number of alkyl halides is 3.